The Kier molecular flexibility index (Phi) is 6.74. The Morgan fingerprint density at radius 2 is 1.60 bits per heavy atom. The largest absolute Gasteiger partial charge is 0.479 e. The normalized spacial score (nSPS) is 11.3. The number of nitrogen functional groups attached to an aromatic ring is 3. The van der Waals surface area contributed by atoms with Gasteiger partial charge in [-0.3, -0.25) is 15.2 Å². The smallest absolute Gasteiger partial charge is 0.160 e. The molecule has 0 aliphatic heterocycles. The van der Waals surface area contributed by atoms with Crippen LogP contribution in [0.5, 0.6) is 5.75 Å². The molecular weight excluding hydrogens is 386 g/mol. The third-order valence-corrected chi connectivity index (χ3v) is 4.80. The van der Waals surface area contributed by atoms with Crippen LogP contribution in [0.1, 0.15) is 6.42 Å². The number of fused-ring (bicyclic) bond motifs is 1. The van der Waals surface area contributed by atoms with E-state index in [0.29, 0.717) is 53.9 Å². The van der Waals surface area contributed by atoms with Gasteiger partial charge < -0.3 is 38.7 Å². The van der Waals surface area contributed by atoms with Gasteiger partial charge in [0.25, 0.3) is 0 Å². The number of hydrogen-bond donors (Lipinski definition) is 7. The van der Waals surface area contributed by atoms with E-state index in [9.17, 15) is 0 Å². The van der Waals surface area contributed by atoms with E-state index in [1.165, 1.54) is 0 Å². The van der Waals surface area contributed by atoms with Crippen LogP contribution in [0.2, 0.25) is 0 Å². The van der Waals surface area contributed by atoms with Crippen molar-refractivity contribution in [2.24, 2.45) is 17.2 Å². The number of ether oxygens (including phenoxy) is 1. The molecule has 0 radical (unpaired) electrons. The van der Waals surface area contributed by atoms with Crippen LogP contribution in [-0.2, 0) is 0 Å². The van der Waals surface area contributed by atoms with E-state index in [1.807, 2.05) is 17.0 Å². The number of nitrogens with zero attached hydrogens (tertiary/aromatic N) is 4. The molecule has 0 unspecified atom stereocenters. The van der Waals surface area contributed by atoms with E-state index < -0.39 is 0 Å². The fraction of sp³-hybridized carbons (Fsp3) is 0.333. The van der Waals surface area contributed by atoms with E-state index in [0.717, 1.165) is 18.7 Å². The molecule has 0 amide bonds. The molecule has 0 saturated carbocycles. The lowest BCUT2D eigenvalue weighted by atomic mass is 10.2. The van der Waals surface area contributed by atoms with Gasteiger partial charge in [-0.25, -0.2) is 0 Å². The Labute approximate surface area is 174 Å². The van der Waals surface area contributed by atoms with Crippen LogP contribution in [0.3, 0.4) is 0 Å². The van der Waals surface area contributed by atoms with Gasteiger partial charge >= 0.3 is 0 Å². The summed E-state index contributed by atoms with van der Waals surface area (Å²) >= 11 is 0. The summed E-state index contributed by atoms with van der Waals surface area (Å²) in [4.78, 5) is 1.92. The van der Waals surface area contributed by atoms with Gasteiger partial charge in [-0.15, -0.1) is 10.2 Å². The molecule has 0 spiro atoms. The standard InChI is InChI=1S/C18H29N11O/c19-8-28(9-20)7-1-6-25-18-14-13(15(22)26-27-18)16(23)29(17(14)24)11-2-4-12(5-3-11)30-10-21/h2-5H,1,6-10,19-21,23-24H2,(H2,22,26)(H,25,27). The van der Waals surface area contributed by atoms with E-state index in [4.69, 9.17) is 39.1 Å². The maximum atomic E-state index is 6.46. The van der Waals surface area contributed by atoms with Gasteiger partial charge in [-0.2, -0.15) is 0 Å². The first-order valence-corrected chi connectivity index (χ1v) is 9.53. The van der Waals surface area contributed by atoms with Gasteiger partial charge in [0, 0.05) is 32.1 Å². The average Bonchev–Trinajstić information content (AvgIpc) is 3.02. The van der Waals surface area contributed by atoms with Crippen molar-refractivity contribution >= 4 is 34.0 Å². The zero-order valence-electron chi connectivity index (χ0n) is 16.7. The summed E-state index contributed by atoms with van der Waals surface area (Å²) in [6, 6.07) is 7.22. The molecule has 13 N–H and O–H groups in total. The maximum Gasteiger partial charge on any atom is 0.160 e. The lowest BCUT2D eigenvalue weighted by molar-refractivity contribution is 0.289. The maximum absolute atomic E-state index is 6.46. The van der Waals surface area contributed by atoms with Crippen molar-refractivity contribution in [3.05, 3.63) is 24.3 Å². The summed E-state index contributed by atoms with van der Waals surface area (Å²) in [5.41, 5.74) is 36.3. The van der Waals surface area contributed by atoms with Crippen molar-refractivity contribution in [2.75, 3.05) is 55.7 Å². The van der Waals surface area contributed by atoms with E-state index in [2.05, 4.69) is 15.5 Å². The summed E-state index contributed by atoms with van der Waals surface area (Å²) in [5.74, 6) is 2.15. The third-order valence-electron chi connectivity index (χ3n) is 4.80. The lowest BCUT2D eigenvalue weighted by Gasteiger charge is -2.17. The number of anilines is 4. The van der Waals surface area contributed by atoms with Gasteiger partial charge in [0.1, 0.15) is 24.1 Å². The second-order valence-electron chi connectivity index (χ2n) is 6.63. The van der Waals surface area contributed by atoms with Gasteiger partial charge in [-0.1, -0.05) is 0 Å². The third kappa shape index (κ3) is 4.16. The van der Waals surface area contributed by atoms with Gasteiger partial charge in [0.05, 0.1) is 10.8 Å². The Balaban J connectivity index is 1.92. The Morgan fingerprint density at radius 3 is 2.23 bits per heavy atom. The van der Waals surface area contributed by atoms with E-state index in [-0.39, 0.29) is 12.5 Å². The summed E-state index contributed by atoms with van der Waals surface area (Å²) in [7, 11) is 0. The van der Waals surface area contributed by atoms with Crippen LogP contribution in [0.25, 0.3) is 16.5 Å². The van der Waals surface area contributed by atoms with Crippen molar-refractivity contribution < 1.29 is 4.74 Å². The molecule has 0 aliphatic carbocycles. The first kappa shape index (κ1) is 21.4. The lowest BCUT2D eigenvalue weighted by Crippen LogP contribution is -2.36. The van der Waals surface area contributed by atoms with Crippen LogP contribution in [-0.4, -0.2) is 52.8 Å². The highest BCUT2D eigenvalue weighted by Gasteiger charge is 2.21. The number of hydrogen-bond acceptors (Lipinski definition) is 11. The highest BCUT2D eigenvalue weighted by molar-refractivity contribution is 6.12. The Hall–Kier alpha value is -3.32. The first-order chi connectivity index (χ1) is 14.5. The second kappa shape index (κ2) is 9.45. The van der Waals surface area contributed by atoms with Crippen LogP contribution in [0.15, 0.2) is 24.3 Å². The molecule has 162 valence electrons. The first-order valence-electron chi connectivity index (χ1n) is 9.53. The number of benzene rings is 1. The average molecular weight is 416 g/mol. The number of nitrogens with two attached hydrogens (primary N) is 6. The molecule has 2 heterocycles. The SMILES string of the molecule is NCOc1ccc(-n2c(N)c3c(N)nnc(NCCCN(CN)CN)c3c2N)cc1. The predicted octanol–water partition coefficient (Wildman–Crippen LogP) is -0.601. The summed E-state index contributed by atoms with van der Waals surface area (Å²) in [6.45, 7) is 2.28. The fourth-order valence-electron chi connectivity index (χ4n) is 3.27. The minimum Gasteiger partial charge on any atom is -0.479 e. The highest BCUT2D eigenvalue weighted by Crippen LogP contribution is 2.39. The fourth-order valence-corrected chi connectivity index (χ4v) is 3.27. The van der Waals surface area contributed by atoms with Crippen molar-refractivity contribution in [3.8, 4) is 11.4 Å². The quantitative estimate of drug-likeness (QED) is 0.164. The van der Waals surface area contributed by atoms with E-state index >= 15 is 0 Å². The highest BCUT2D eigenvalue weighted by atomic mass is 16.5. The molecule has 12 heteroatoms. The van der Waals surface area contributed by atoms with Crippen LogP contribution < -0.4 is 44.5 Å². The van der Waals surface area contributed by atoms with Gasteiger partial charge in [0.15, 0.2) is 11.6 Å². The molecular formula is C18H29N11O. The van der Waals surface area contributed by atoms with Gasteiger partial charge in [-0.05, 0) is 30.7 Å². The summed E-state index contributed by atoms with van der Waals surface area (Å²) < 4.78 is 6.98. The Morgan fingerprint density at radius 1 is 0.933 bits per heavy atom. The molecule has 1 aromatic carbocycles. The summed E-state index contributed by atoms with van der Waals surface area (Å²) in [6.07, 6.45) is 0.806. The molecule has 3 rings (SSSR count). The number of aromatic nitrogens is 3. The molecule has 3 aromatic rings. The van der Waals surface area contributed by atoms with Crippen LogP contribution in [0, 0.1) is 0 Å². The van der Waals surface area contributed by atoms with Crippen LogP contribution >= 0.6 is 0 Å². The number of rotatable bonds is 10. The second-order valence-corrected chi connectivity index (χ2v) is 6.63. The van der Waals surface area contributed by atoms with Crippen molar-refractivity contribution in [1.82, 2.24) is 19.7 Å². The summed E-state index contributed by atoms with van der Waals surface area (Å²) in [5, 5.41) is 12.6. The topological polar surface area (TPSA) is 211 Å². The molecule has 12 nitrogen and oxygen atoms in total. The molecule has 2 aromatic heterocycles. The molecule has 30 heavy (non-hydrogen) atoms. The van der Waals surface area contributed by atoms with Crippen molar-refractivity contribution in [2.45, 2.75) is 6.42 Å². The van der Waals surface area contributed by atoms with Crippen molar-refractivity contribution in [1.29, 1.82) is 0 Å². The zero-order chi connectivity index (χ0) is 21.7. The predicted molar refractivity (Wildman–Crippen MR) is 120 cm³/mol. The number of nitrogens with one attached hydrogen (secondary N) is 1. The molecule has 0 aliphatic rings. The molecule has 0 fully saturated rings. The molecule has 0 bridgehead atoms. The zero-order valence-corrected chi connectivity index (χ0v) is 16.7. The minimum atomic E-state index is 0.0915. The molecule has 0 saturated heterocycles. The minimum absolute atomic E-state index is 0.0915. The van der Waals surface area contributed by atoms with Gasteiger partial charge in [0.2, 0.25) is 0 Å². The van der Waals surface area contributed by atoms with E-state index in [1.54, 1.807) is 16.7 Å². The van der Waals surface area contributed by atoms with Crippen LogP contribution in [0.4, 0.5) is 23.3 Å². The molecule has 0 atom stereocenters. The monoisotopic (exact) mass is 415 g/mol. The Bertz CT molecular complexity index is 982. The van der Waals surface area contributed by atoms with Crippen molar-refractivity contribution in [3.63, 3.8) is 0 Å².